The summed E-state index contributed by atoms with van der Waals surface area (Å²) in [4.78, 5) is 31.4. The maximum absolute atomic E-state index is 12.9. The Morgan fingerprint density at radius 3 is 2.34 bits per heavy atom. The van der Waals surface area contributed by atoms with Crippen LogP contribution in [0, 0.1) is 17.0 Å². The molecule has 0 aliphatic rings. The summed E-state index contributed by atoms with van der Waals surface area (Å²) in [5, 5.41) is 12.1. The molecule has 0 spiro atoms. The molecule has 0 aliphatic heterocycles. The van der Waals surface area contributed by atoms with Crippen LogP contribution in [-0.2, 0) is 4.74 Å². The Morgan fingerprint density at radius 2 is 1.71 bits per heavy atom. The molecular formula is C24H22N4O7. The van der Waals surface area contributed by atoms with Crippen LogP contribution in [0.25, 0.3) is 16.6 Å². The molecule has 2 heterocycles. The van der Waals surface area contributed by atoms with Crippen molar-refractivity contribution in [2.75, 3.05) is 20.8 Å². The molecule has 0 radical (unpaired) electrons. The van der Waals surface area contributed by atoms with E-state index in [1.165, 1.54) is 7.11 Å². The standard InChI is InChI=1S/C24H22N4O7/c1-5-34-24(29)20-14(2)27(15-6-8-16(32-3)9-7-15)19-11-10-17(12-18(19)20)35-23-21(28(30)31)22(33-4)25-13-26-23/h6-13H,5H2,1-4H3. The van der Waals surface area contributed by atoms with Crippen LogP contribution in [0.2, 0.25) is 0 Å². The van der Waals surface area contributed by atoms with E-state index in [-0.39, 0.29) is 24.1 Å². The Hall–Kier alpha value is -4.67. The van der Waals surface area contributed by atoms with Crippen molar-refractivity contribution in [3.63, 3.8) is 0 Å². The summed E-state index contributed by atoms with van der Waals surface area (Å²) in [7, 11) is 2.85. The zero-order valence-electron chi connectivity index (χ0n) is 19.5. The van der Waals surface area contributed by atoms with Gasteiger partial charge in [0.05, 0.1) is 36.8 Å². The lowest BCUT2D eigenvalue weighted by atomic mass is 10.1. The summed E-state index contributed by atoms with van der Waals surface area (Å²) in [6.45, 7) is 3.75. The fraction of sp³-hybridized carbons (Fsp3) is 0.208. The average molecular weight is 478 g/mol. The van der Waals surface area contributed by atoms with Crippen molar-refractivity contribution in [2.45, 2.75) is 13.8 Å². The third-order valence-electron chi connectivity index (χ3n) is 5.33. The van der Waals surface area contributed by atoms with Gasteiger partial charge in [-0.1, -0.05) is 0 Å². The highest BCUT2D eigenvalue weighted by Crippen LogP contribution is 2.38. The number of carbonyl (C=O) groups is 1. The molecule has 0 atom stereocenters. The molecule has 0 aliphatic carbocycles. The number of hydrogen-bond acceptors (Lipinski definition) is 9. The molecule has 2 aromatic carbocycles. The van der Waals surface area contributed by atoms with Gasteiger partial charge in [-0.2, -0.15) is 9.97 Å². The maximum Gasteiger partial charge on any atom is 0.392 e. The number of rotatable bonds is 8. The van der Waals surface area contributed by atoms with Crippen molar-refractivity contribution in [3.05, 3.63) is 70.2 Å². The number of benzene rings is 2. The number of fused-ring (bicyclic) bond motifs is 1. The van der Waals surface area contributed by atoms with Crippen LogP contribution in [0.3, 0.4) is 0 Å². The lowest BCUT2D eigenvalue weighted by molar-refractivity contribution is -0.387. The Morgan fingerprint density at radius 1 is 1.03 bits per heavy atom. The quantitative estimate of drug-likeness (QED) is 0.202. The van der Waals surface area contributed by atoms with E-state index >= 15 is 0 Å². The highest BCUT2D eigenvalue weighted by atomic mass is 16.6. The van der Waals surface area contributed by atoms with Gasteiger partial charge < -0.3 is 23.5 Å². The number of carbonyl (C=O) groups excluding carboxylic acids is 1. The van der Waals surface area contributed by atoms with E-state index in [9.17, 15) is 14.9 Å². The zero-order valence-corrected chi connectivity index (χ0v) is 19.5. The number of ether oxygens (including phenoxy) is 4. The van der Waals surface area contributed by atoms with Gasteiger partial charge in [0, 0.05) is 16.8 Å². The number of methoxy groups -OCH3 is 2. The maximum atomic E-state index is 12.9. The number of nitro groups is 1. The van der Waals surface area contributed by atoms with Crippen LogP contribution in [0.5, 0.6) is 23.3 Å². The monoisotopic (exact) mass is 478 g/mol. The molecule has 2 aromatic heterocycles. The van der Waals surface area contributed by atoms with E-state index in [0.717, 1.165) is 17.5 Å². The molecule has 11 heteroatoms. The van der Waals surface area contributed by atoms with E-state index in [1.54, 1.807) is 32.2 Å². The van der Waals surface area contributed by atoms with Gasteiger partial charge in [-0.15, -0.1) is 0 Å². The predicted octanol–water partition coefficient (Wildman–Crippen LogP) is 4.62. The number of hydrogen-bond donors (Lipinski definition) is 0. The molecule has 4 rings (SSSR count). The van der Waals surface area contributed by atoms with E-state index in [4.69, 9.17) is 18.9 Å². The Kier molecular flexibility index (Phi) is 6.49. The third kappa shape index (κ3) is 4.31. The first-order chi connectivity index (χ1) is 16.9. The fourth-order valence-electron chi connectivity index (χ4n) is 3.83. The van der Waals surface area contributed by atoms with Gasteiger partial charge in [-0.05, 0) is 56.3 Å². The van der Waals surface area contributed by atoms with E-state index < -0.39 is 16.6 Å². The van der Waals surface area contributed by atoms with E-state index in [0.29, 0.717) is 22.4 Å². The smallest absolute Gasteiger partial charge is 0.392 e. The number of esters is 1. The predicted molar refractivity (Wildman–Crippen MR) is 126 cm³/mol. The number of aromatic nitrogens is 3. The topological polar surface area (TPSA) is 128 Å². The van der Waals surface area contributed by atoms with Gasteiger partial charge >= 0.3 is 23.4 Å². The summed E-state index contributed by atoms with van der Waals surface area (Å²) >= 11 is 0. The van der Waals surface area contributed by atoms with Crippen molar-refractivity contribution >= 4 is 22.6 Å². The first-order valence-corrected chi connectivity index (χ1v) is 10.6. The highest BCUT2D eigenvalue weighted by molar-refractivity contribution is 6.07. The third-order valence-corrected chi connectivity index (χ3v) is 5.33. The van der Waals surface area contributed by atoms with Crippen LogP contribution < -0.4 is 14.2 Å². The van der Waals surface area contributed by atoms with Crippen LogP contribution >= 0.6 is 0 Å². The second-order valence-corrected chi connectivity index (χ2v) is 7.29. The van der Waals surface area contributed by atoms with Crippen LogP contribution in [0.4, 0.5) is 5.69 Å². The summed E-state index contributed by atoms with van der Waals surface area (Å²) in [5.74, 6) is -0.0705. The van der Waals surface area contributed by atoms with E-state index in [2.05, 4.69) is 9.97 Å². The molecule has 0 bridgehead atoms. The van der Waals surface area contributed by atoms with Crippen molar-refractivity contribution < 1.29 is 28.7 Å². The van der Waals surface area contributed by atoms with Gasteiger partial charge in [0.1, 0.15) is 17.8 Å². The minimum absolute atomic E-state index is 0.205. The first-order valence-electron chi connectivity index (χ1n) is 10.6. The lowest BCUT2D eigenvalue weighted by Gasteiger charge is -2.10. The highest BCUT2D eigenvalue weighted by Gasteiger charge is 2.27. The van der Waals surface area contributed by atoms with Gasteiger partial charge in [-0.3, -0.25) is 10.1 Å². The van der Waals surface area contributed by atoms with Crippen LogP contribution in [-0.4, -0.2) is 46.3 Å². The van der Waals surface area contributed by atoms with Crippen molar-refractivity contribution in [1.29, 1.82) is 0 Å². The molecule has 0 unspecified atom stereocenters. The van der Waals surface area contributed by atoms with Gasteiger partial charge in [0.15, 0.2) is 0 Å². The molecule has 0 saturated carbocycles. The summed E-state index contributed by atoms with van der Waals surface area (Å²) in [6, 6.07) is 12.4. The molecule has 0 amide bonds. The van der Waals surface area contributed by atoms with Gasteiger partial charge in [-0.25, -0.2) is 4.79 Å². The Labute approximate surface area is 200 Å². The van der Waals surface area contributed by atoms with Crippen molar-refractivity contribution in [1.82, 2.24) is 14.5 Å². The first kappa shape index (κ1) is 23.5. The second-order valence-electron chi connectivity index (χ2n) is 7.29. The van der Waals surface area contributed by atoms with Crippen LogP contribution in [0.1, 0.15) is 23.0 Å². The molecular weight excluding hydrogens is 456 g/mol. The second kappa shape index (κ2) is 9.67. The fourth-order valence-corrected chi connectivity index (χ4v) is 3.83. The van der Waals surface area contributed by atoms with Crippen LogP contribution in [0.15, 0.2) is 48.8 Å². The molecule has 35 heavy (non-hydrogen) atoms. The number of nitrogens with zero attached hydrogens (tertiary/aromatic N) is 4. The SMILES string of the molecule is CCOC(=O)c1c(C)n(-c2ccc(OC)cc2)c2ccc(Oc3ncnc(OC)c3[N+](=O)[O-])cc12. The summed E-state index contributed by atoms with van der Waals surface area (Å²) in [6.07, 6.45) is 1.11. The molecule has 0 saturated heterocycles. The largest absolute Gasteiger partial charge is 0.497 e. The molecule has 0 fully saturated rings. The zero-order chi connectivity index (χ0) is 25.1. The lowest BCUT2D eigenvalue weighted by Crippen LogP contribution is -2.07. The normalized spacial score (nSPS) is 10.7. The molecule has 0 N–H and O–H groups in total. The van der Waals surface area contributed by atoms with Crippen molar-refractivity contribution in [2.24, 2.45) is 0 Å². The molecule has 4 aromatic rings. The Balaban J connectivity index is 1.87. The van der Waals surface area contributed by atoms with Gasteiger partial charge in [0.25, 0.3) is 0 Å². The Bertz CT molecular complexity index is 1410. The molecule has 180 valence electrons. The minimum atomic E-state index is -0.680. The average Bonchev–Trinajstić information content (AvgIpc) is 3.14. The summed E-state index contributed by atoms with van der Waals surface area (Å²) < 4.78 is 23.2. The van der Waals surface area contributed by atoms with Crippen molar-refractivity contribution in [3.8, 4) is 28.9 Å². The summed E-state index contributed by atoms with van der Waals surface area (Å²) in [5.41, 5.74) is 2.05. The van der Waals surface area contributed by atoms with Gasteiger partial charge in [0.2, 0.25) is 0 Å². The molecule has 11 nitrogen and oxygen atoms in total. The minimum Gasteiger partial charge on any atom is -0.497 e. The van der Waals surface area contributed by atoms with E-state index in [1.807, 2.05) is 35.8 Å².